The van der Waals surface area contributed by atoms with Gasteiger partial charge in [0.15, 0.2) is 0 Å². The molecule has 2 rings (SSSR count). The second kappa shape index (κ2) is 9.23. The summed E-state index contributed by atoms with van der Waals surface area (Å²) in [6.45, 7) is 4.06. The molecule has 118 valence electrons. The van der Waals surface area contributed by atoms with Gasteiger partial charge < -0.3 is 15.0 Å². The fraction of sp³-hybridized carbons (Fsp3) is 0.368. The van der Waals surface area contributed by atoms with Gasteiger partial charge in [0.2, 0.25) is 0 Å². The van der Waals surface area contributed by atoms with Crippen molar-refractivity contribution in [2.24, 2.45) is 0 Å². The van der Waals surface area contributed by atoms with E-state index in [9.17, 15) is 0 Å². The molecule has 0 atom stereocenters. The highest BCUT2D eigenvalue weighted by Crippen LogP contribution is 2.10. The third-order valence-electron chi connectivity index (χ3n) is 3.68. The summed E-state index contributed by atoms with van der Waals surface area (Å²) >= 11 is 0. The number of benzene rings is 2. The van der Waals surface area contributed by atoms with E-state index in [-0.39, 0.29) is 0 Å². The van der Waals surface area contributed by atoms with Crippen LogP contribution in [0.2, 0.25) is 0 Å². The lowest BCUT2D eigenvalue weighted by Gasteiger charge is -2.16. The number of nitrogens with one attached hydrogen (secondary N) is 1. The van der Waals surface area contributed by atoms with Crippen LogP contribution in [0.25, 0.3) is 0 Å². The molecule has 0 fully saturated rings. The predicted molar refractivity (Wildman–Crippen MR) is 92.1 cm³/mol. The average Bonchev–Trinajstić information content (AvgIpc) is 2.56. The van der Waals surface area contributed by atoms with Gasteiger partial charge >= 0.3 is 0 Å². The minimum atomic E-state index is 0.909. The lowest BCUT2D eigenvalue weighted by atomic mass is 10.2. The van der Waals surface area contributed by atoms with Crippen LogP contribution in [0.1, 0.15) is 17.5 Å². The Morgan fingerprint density at radius 1 is 0.955 bits per heavy atom. The van der Waals surface area contributed by atoms with Crippen molar-refractivity contribution < 1.29 is 4.74 Å². The highest BCUT2D eigenvalue weighted by Gasteiger charge is 2.00. The van der Waals surface area contributed by atoms with Crippen molar-refractivity contribution in [2.75, 3.05) is 27.2 Å². The van der Waals surface area contributed by atoms with E-state index >= 15 is 0 Å². The van der Waals surface area contributed by atoms with Crippen LogP contribution in [0.3, 0.4) is 0 Å². The summed E-state index contributed by atoms with van der Waals surface area (Å²) in [7, 11) is 3.87. The van der Waals surface area contributed by atoms with Crippen LogP contribution >= 0.6 is 0 Å². The fourth-order valence-corrected chi connectivity index (χ4v) is 2.42. The van der Waals surface area contributed by atoms with E-state index in [1.165, 1.54) is 11.1 Å². The minimum Gasteiger partial charge on any atom is -0.497 e. The number of hydrogen-bond donors (Lipinski definition) is 1. The third kappa shape index (κ3) is 5.88. The molecule has 0 unspecified atom stereocenters. The average molecular weight is 298 g/mol. The molecule has 0 saturated carbocycles. The molecule has 0 aromatic heterocycles. The van der Waals surface area contributed by atoms with Crippen molar-refractivity contribution in [1.29, 1.82) is 0 Å². The molecule has 0 bridgehead atoms. The van der Waals surface area contributed by atoms with Gasteiger partial charge in [0, 0.05) is 13.1 Å². The van der Waals surface area contributed by atoms with E-state index in [1.54, 1.807) is 7.11 Å². The Morgan fingerprint density at radius 3 is 2.36 bits per heavy atom. The van der Waals surface area contributed by atoms with Gasteiger partial charge in [-0.15, -0.1) is 0 Å². The molecule has 0 saturated heterocycles. The summed E-state index contributed by atoms with van der Waals surface area (Å²) in [6, 6.07) is 18.8. The Balaban J connectivity index is 1.58. The number of rotatable bonds is 9. The standard InChI is InChI=1S/C19H26N2O/c1-21(16-18-7-4-3-5-8-18)14-6-13-20-15-17-9-11-19(22-2)12-10-17/h3-5,7-12,20H,6,13-16H2,1-2H3. The summed E-state index contributed by atoms with van der Waals surface area (Å²) in [5.41, 5.74) is 2.66. The third-order valence-corrected chi connectivity index (χ3v) is 3.68. The van der Waals surface area contributed by atoms with Crippen molar-refractivity contribution in [2.45, 2.75) is 19.5 Å². The molecule has 2 aromatic rings. The Morgan fingerprint density at radius 2 is 1.68 bits per heavy atom. The van der Waals surface area contributed by atoms with Crippen molar-refractivity contribution in [3.05, 3.63) is 65.7 Å². The van der Waals surface area contributed by atoms with Crippen LogP contribution in [-0.2, 0) is 13.1 Å². The Labute approximate surface area is 133 Å². The summed E-state index contributed by atoms with van der Waals surface area (Å²) in [4.78, 5) is 2.37. The predicted octanol–water partition coefficient (Wildman–Crippen LogP) is 3.31. The van der Waals surface area contributed by atoms with E-state index < -0.39 is 0 Å². The summed E-state index contributed by atoms with van der Waals surface area (Å²) in [5, 5.41) is 3.49. The van der Waals surface area contributed by atoms with E-state index in [4.69, 9.17) is 4.74 Å². The number of nitrogens with zero attached hydrogens (tertiary/aromatic N) is 1. The molecule has 0 aliphatic rings. The zero-order valence-electron chi connectivity index (χ0n) is 13.6. The van der Waals surface area contributed by atoms with Crippen LogP contribution < -0.4 is 10.1 Å². The van der Waals surface area contributed by atoms with Gasteiger partial charge in [0.1, 0.15) is 5.75 Å². The maximum Gasteiger partial charge on any atom is 0.118 e. The maximum atomic E-state index is 5.16. The normalized spacial score (nSPS) is 10.9. The molecule has 0 spiro atoms. The van der Waals surface area contributed by atoms with Gasteiger partial charge in [-0.25, -0.2) is 0 Å². The molecule has 0 aliphatic carbocycles. The van der Waals surface area contributed by atoms with Crippen LogP contribution in [0, 0.1) is 0 Å². The van der Waals surface area contributed by atoms with Crippen molar-refractivity contribution in [1.82, 2.24) is 10.2 Å². The van der Waals surface area contributed by atoms with Crippen LogP contribution in [-0.4, -0.2) is 32.1 Å². The van der Waals surface area contributed by atoms with Crippen LogP contribution in [0.15, 0.2) is 54.6 Å². The molecule has 3 heteroatoms. The first-order valence-electron chi connectivity index (χ1n) is 7.84. The smallest absolute Gasteiger partial charge is 0.118 e. The zero-order chi connectivity index (χ0) is 15.6. The molecular formula is C19H26N2O. The van der Waals surface area contributed by atoms with Gasteiger partial charge in [-0.1, -0.05) is 42.5 Å². The van der Waals surface area contributed by atoms with E-state index in [0.717, 1.165) is 38.3 Å². The molecule has 22 heavy (non-hydrogen) atoms. The monoisotopic (exact) mass is 298 g/mol. The van der Waals surface area contributed by atoms with Crippen molar-refractivity contribution in [3.63, 3.8) is 0 Å². The number of hydrogen-bond acceptors (Lipinski definition) is 3. The first-order valence-corrected chi connectivity index (χ1v) is 7.84. The van der Waals surface area contributed by atoms with Gasteiger partial charge in [-0.2, -0.15) is 0 Å². The molecular weight excluding hydrogens is 272 g/mol. The van der Waals surface area contributed by atoms with E-state index in [2.05, 4.69) is 59.7 Å². The highest BCUT2D eigenvalue weighted by atomic mass is 16.5. The van der Waals surface area contributed by atoms with Crippen molar-refractivity contribution in [3.8, 4) is 5.75 Å². The fourth-order valence-electron chi connectivity index (χ4n) is 2.42. The SMILES string of the molecule is COc1ccc(CNCCCN(C)Cc2ccccc2)cc1. The quantitative estimate of drug-likeness (QED) is 0.719. The summed E-state index contributed by atoms with van der Waals surface area (Å²) in [5.74, 6) is 0.909. The minimum absolute atomic E-state index is 0.909. The Kier molecular flexibility index (Phi) is 6.94. The second-order valence-corrected chi connectivity index (χ2v) is 5.60. The lowest BCUT2D eigenvalue weighted by Crippen LogP contribution is -2.23. The van der Waals surface area contributed by atoms with Gasteiger partial charge in [0.05, 0.1) is 7.11 Å². The topological polar surface area (TPSA) is 24.5 Å². The molecule has 0 radical (unpaired) electrons. The molecule has 0 aliphatic heterocycles. The molecule has 3 nitrogen and oxygen atoms in total. The van der Waals surface area contributed by atoms with Crippen LogP contribution in [0.5, 0.6) is 5.75 Å². The van der Waals surface area contributed by atoms with Gasteiger partial charge in [0.25, 0.3) is 0 Å². The largest absolute Gasteiger partial charge is 0.497 e. The maximum absolute atomic E-state index is 5.16. The Bertz CT molecular complexity index is 525. The molecule has 0 heterocycles. The van der Waals surface area contributed by atoms with Crippen molar-refractivity contribution >= 4 is 0 Å². The van der Waals surface area contributed by atoms with Gasteiger partial charge in [-0.05, 0) is 49.8 Å². The summed E-state index contributed by atoms with van der Waals surface area (Å²) < 4.78 is 5.16. The van der Waals surface area contributed by atoms with Gasteiger partial charge in [-0.3, -0.25) is 0 Å². The van der Waals surface area contributed by atoms with Crippen LogP contribution in [0.4, 0.5) is 0 Å². The molecule has 0 amide bonds. The first kappa shape index (κ1) is 16.5. The second-order valence-electron chi connectivity index (χ2n) is 5.60. The highest BCUT2D eigenvalue weighted by molar-refractivity contribution is 5.26. The number of methoxy groups -OCH3 is 1. The Hall–Kier alpha value is -1.84. The lowest BCUT2D eigenvalue weighted by molar-refractivity contribution is 0.319. The molecule has 2 aromatic carbocycles. The van der Waals surface area contributed by atoms with E-state index in [0.29, 0.717) is 0 Å². The van der Waals surface area contributed by atoms with E-state index in [1.807, 2.05) is 12.1 Å². The molecule has 1 N–H and O–H groups in total. The first-order chi connectivity index (χ1) is 10.8. The summed E-state index contributed by atoms with van der Waals surface area (Å²) in [6.07, 6.45) is 1.15. The number of ether oxygens (including phenoxy) is 1. The zero-order valence-corrected chi connectivity index (χ0v) is 13.6.